The number of carbonyl (C=O) groups is 1. The maximum atomic E-state index is 13.0. The molecular weight excluding hydrogens is 323 g/mol. The van der Waals surface area contributed by atoms with Crippen molar-refractivity contribution in [3.05, 3.63) is 11.6 Å². The highest BCUT2D eigenvalue weighted by atomic mass is 19.4. The summed E-state index contributed by atoms with van der Waals surface area (Å²) in [6.07, 6.45) is -3.82. The Bertz CT molecular complexity index is 570. The SMILES string of the molecule is CC(C)CNC(=O)[C@@H](C)NCc1nnc2n1CCC[C@@H]2C(F)(F)F. The molecule has 2 rings (SSSR count). The highest BCUT2D eigenvalue weighted by Gasteiger charge is 2.45. The van der Waals surface area contributed by atoms with E-state index in [4.69, 9.17) is 0 Å². The third-order valence-corrected chi connectivity index (χ3v) is 4.08. The van der Waals surface area contributed by atoms with Gasteiger partial charge in [0, 0.05) is 13.1 Å². The predicted molar refractivity (Wildman–Crippen MR) is 82.2 cm³/mol. The van der Waals surface area contributed by atoms with Crippen molar-refractivity contribution in [1.82, 2.24) is 25.4 Å². The number of aromatic nitrogens is 3. The van der Waals surface area contributed by atoms with Crippen molar-refractivity contribution in [3.63, 3.8) is 0 Å². The second-order valence-corrected chi connectivity index (χ2v) is 6.60. The molecule has 0 radical (unpaired) electrons. The number of hydrogen-bond acceptors (Lipinski definition) is 4. The number of halogens is 3. The van der Waals surface area contributed by atoms with Crippen molar-refractivity contribution < 1.29 is 18.0 Å². The molecule has 24 heavy (non-hydrogen) atoms. The standard InChI is InChI=1S/C15H24F3N5O/c1-9(2)7-20-14(24)10(3)19-8-12-21-22-13-11(15(16,17)18)5-4-6-23(12)13/h9-11,19H,4-8H2,1-3H3,(H,20,24)/t10-,11+/m1/s1. The number of carbonyl (C=O) groups excluding carboxylic acids is 1. The van der Waals surface area contributed by atoms with E-state index in [2.05, 4.69) is 20.8 Å². The van der Waals surface area contributed by atoms with Crippen LogP contribution in [0.25, 0.3) is 0 Å². The molecule has 136 valence electrons. The van der Waals surface area contributed by atoms with Crippen LogP contribution < -0.4 is 10.6 Å². The molecule has 0 saturated carbocycles. The first-order valence-corrected chi connectivity index (χ1v) is 8.20. The summed E-state index contributed by atoms with van der Waals surface area (Å²) >= 11 is 0. The van der Waals surface area contributed by atoms with Gasteiger partial charge in [-0.25, -0.2) is 0 Å². The summed E-state index contributed by atoms with van der Waals surface area (Å²) in [5.41, 5.74) is 0. The maximum Gasteiger partial charge on any atom is 0.398 e. The third-order valence-electron chi connectivity index (χ3n) is 4.08. The van der Waals surface area contributed by atoms with Gasteiger partial charge in [0.2, 0.25) is 5.91 Å². The highest BCUT2D eigenvalue weighted by molar-refractivity contribution is 5.81. The predicted octanol–water partition coefficient (Wildman–Crippen LogP) is 1.97. The van der Waals surface area contributed by atoms with Gasteiger partial charge < -0.3 is 9.88 Å². The van der Waals surface area contributed by atoms with Gasteiger partial charge in [-0.05, 0) is 25.7 Å². The zero-order chi connectivity index (χ0) is 17.9. The van der Waals surface area contributed by atoms with Gasteiger partial charge in [-0.15, -0.1) is 10.2 Å². The van der Waals surface area contributed by atoms with E-state index in [9.17, 15) is 18.0 Å². The van der Waals surface area contributed by atoms with Gasteiger partial charge >= 0.3 is 6.18 Å². The molecule has 1 aromatic rings. The van der Waals surface area contributed by atoms with Crippen molar-refractivity contribution in [2.45, 2.75) is 64.8 Å². The van der Waals surface area contributed by atoms with E-state index in [1.165, 1.54) is 4.57 Å². The van der Waals surface area contributed by atoms with Crippen LogP contribution in [-0.4, -0.2) is 39.4 Å². The second kappa shape index (κ2) is 7.50. The number of rotatable bonds is 6. The molecule has 2 N–H and O–H groups in total. The molecule has 1 aromatic heterocycles. The number of nitrogens with zero attached hydrogens (tertiary/aromatic N) is 3. The summed E-state index contributed by atoms with van der Waals surface area (Å²) in [6, 6.07) is -0.460. The van der Waals surface area contributed by atoms with Crippen molar-refractivity contribution >= 4 is 5.91 Å². The van der Waals surface area contributed by atoms with E-state index < -0.39 is 18.1 Å². The molecule has 1 amide bonds. The average molecular weight is 347 g/mol. The fraction of sp³-hybridized carbons (Fsp3) is 0.800. The molecule has 0 saturated heterocycles. The molecule has 0 unspecified atom stereocenters. The van der Waals surface area contributed by atoms with Gasteiger partial charge in [-0.1, -0.05) is 13.8 Å². The van der Waals surface area contributed by atoms with E-state index in [0.29, 0.717) is 31.3 Å². The van der Waals surface area contributed by atoms with Crippen molar-refractivity contribution in [1.29, 1.82) is 0 Å². The van der Waals surface area contributed by atoms with Gasteiger partial charge in [0.05, 0.1) is 12.6 Å². The number of amides is 1. The lowest BCUT2D eigenvalue weighted by molar-refractivity contribution is -0.156. The summed E-state index contributed by atoms with van der Waals surface area (Å²) in [5.74, 6) is -0.941. The van der Waals surface area contributed by atoms with Crippen LogP contribution >= 0.6 is 0 Å². The average Bonchev–Trinajstić information content (AvgIpc) is 2.92. The van der Waals surface area contributed by atoms with Gasteiger partial charge in [0.25, 0.3) is 0 Å². The minimum Gasteiger partial charge on any atom is -0.354 e. The molecule has 2 heterocycles. The van der Waals surface area contributed by atoms with E-state index in [-0.39, 0.29) is 24.7 Å². The smallest absolute Gasteiger partial charge is 0.354 e. The lowest BCUT2D eigenvalue weighted by Crippen LogP contribution is -2.43. The summed E-state index contributed by atoms with van der Waals surface area (Å²) in [5, 5.41) is 13.4. The lowest BCUT2D eigenvalue weighted by atomic mass is 9.98. The first-order chi connectivity index (χ1) is 11.2. The van der Waals surface area contributed by atoms with Crippen LogP contribution in [0, 0.1) is 5.92 Å². The first kappa shape index (κ1) is 18.7. The Kier molecular flexibility index (Phi) is 5.84. The Balaban J connectivity index is 1.97. The van der Waals surface area contributed by atoms with Crippen LogP contribution in [0.2, 0.25) is 0 Å². The normalized spacial score (nSPS) is 19.2. The van der Waals surface area contributed by atoms with Crippen molar-refractivity contribution in [3.8, 4) is 0 Å². The number of alkyl halides is 3. The Morgan fingerprint density at radius 3 is 2.67 bits per heavy atom. The van der Waals surface area contributed by atoms with E-state index in [0.717, 1.165) is 0 Å². The minimum atomic E-state index is -4.31. The Morgan fingerprint density at radius 1 is 1.33 bits per heavy atom. The summed E-state index contributed by atoms with van der Waals surface area (Å²) in [4.78, 5) is 11.9. The van der Waals surface area contributed by atoms with E-state index >= 15 is 0 Å². The largest absolute Gasteiger partial charge is 0.398 e. The molecule has 1 aliphatic heterocycles. The maximum absolute atomic E-state index is 13.0. The van der Waals surface area contributed by atoms with Gasteiger partial charge in [0.15, 0.2) is 0 Å². The molecule has 2 atom stereocenters. The van der Waals surface area contributed by atoms with Crippen molar-refractivity contribution in [2.75, 3.05) is 6.54 Å². The summed E-state index contributed by atoms with van der Waals surface area (Å²) in [6.45, 7) is 6.96. The van der Waals surface area contributed by atoms with Crippen molar-refractivity contribution in [2.24, 2.45) is 5.92 Å². The van der Waals surface area contributed by atoms with Crippen LogP contribution in [0.1, 0.15) is 51.2 Å². The number of nitrogens with one attached hydrogen (secondary N) is 2. The van der Waals surface area contributed by atoms with Crippen LogP contribution in [0.5, 0.6) is 0 Å². The van der Waals surface area contributed by atoms with E-state index in [1.807, 2.05) is 13.8 Å². The number of fused-ring (bicyclic) bond motifs is 1. The van der Waals surface area contributed by atoms with Crippen LogP contribution in [-0.2, 0) is 17.9 Å². The fourth-order valence-electron chi connectivity index (χ4n) is 2.67. The van der Waals surface area contributed by atoms with Gasteiger partial charge in [0.1, 0.15) is 17.6 Å². The second-order valence-electron chi connectivity index (χ2n) is 6.60. The molecule has 9 heteroatoms. The van der Waals surface area contributed by atoms with E-state index in [1.54, 1.807) is 6.92 Å². The van der Waals surface area contributed by atoms with Gasteiger partial charge in [-0.3, -0.25) is 10.1 Å². The zero-order valence-electron chi connectivity index (χ0n) is 14.2. The monoisotopic (exact) mass is 347 g/mol. The summed E-state index contributed by atoms with van der Waals surface area (Å²) in [7, 11) is 0. The molecule has 0 bridgehead atoms. The zero-order valence-corrected chi connectivity index (χ0v) is 14.2. The van der Waals surface area contributed by atoms with Crippen LogP contribution in [0.3, 0.4) is 0 Å². The molecule has 0 fully saturated rings. The quantitative estimate of drug-likeness (QED) is 0.825. The van der Waals surface area contributed by atoms with Gasteiger partial charge in [-0.2, -0.15) is 13.2 Å². The number of hydrogen-bond donors (Lipinski definition) is 2. The molecule has 0 aliphatic carbocycles. The Labute approximate surface area is 139 Å². The molecule has 6 nitrogen and oxygen atoms in total. The fourth-order valence-corrected chi connectivity index (χ4v) is 2.67. The molecule has 0 spiro atoms. The van der Waals surface area contributed by atoms with Crippen LogP contribution in [0.4, 0.5) is 13.2 Å². The highest BCUT2D eigenvalue weighted by Crippen LogP contribution is 2.40. The minimum absolute atomic E-state index is 0.0255. The molecular formula is C15H24F3N5O. The summed E-state index contributed by atoms with van der Waals surface area (Å²) < 4.78 is 40.7. The Morgan fingerprint density at radius 2 is 2.04 bits per heavy atom. The van der Waals surface area contributed by atoms with Crippen LogP contribution in [0.15, 0.2) is 0 Å². The topological polar surface area (TPSA) is 71.8 Å². The first-order valence-electron chi connectivity index (χ1n) is 8.20. The lowest BCUT2D eigenvalue weighted by Gasteiger charge is -2.25. The molecule has 0 aromatic carbocycles. The Hall–Kier alpha value is -1.64. The molecule has 1 aliphatic rings. The third kappa shape index (κ3) is 4.46.